The topological polar surface area (TPSA) is 0 Å². The van der Waals surface area contributed by atoms with E-state index < -0.39 is 0 Å². The predicted octanol–water partition coefficient (Wildman–Crippen LogP) is 4.18. The van der Waals surface area contributed by atoms with Gasteiger partial charge < -0.3 is 0 Å². The van der Waals surface area contributed by atoms with Crippen LogP contribution in [-0.4, -0.2) is 0 Å². The summed E-state index contributed by atoms with van der Waals surface area (Å²) in [5.74, 6) is 0.295. The molecule has 0 aromatic heterocycles. The third-order valence-electron chi connectivity index (χ3n) is 2.11. The van der Waals surface area contributed by atoms with Crippen LogP contribution in [0.5, 0.6) is 0 Å². The molecule has 0 aromatic carbocycles. The van der Waals surface area contributed by atoms with Crippen LogP contribution in [0, 0.1) is 11.8 Å². The molecule has 0 amide bonds. The monoisotopic (exact) mass is 240 g/mol. The van der Waals surface area contributed by atoms with Gasteiger partial charge in [0.25, 0.3) is 0 Å². The van der Waals surface area contributed by atoms with Gasteiger partial charge in [0, 0.05) is 21.9 Å². The zero-order valence-electron chi connectivity index (χ0n) is 5.82. The Morgan fingerprint density at radius 2 is 1.08 bits per heavy atom. The fourth-order valence-corrected chi connectivity index (χ4v) is 2.48. The van der Waals surface area contributed by atoms with Crippen molar-refractivity contribution >= 4 is 46.4 Å². The molecular weight excluding hydrogens is 238 g/mol. The molecule has 0 aliphatic heterocycles. The zero-order chi connectivity index (χ0) is 8.88. The van der Waals surface area contributed by atoms with E-state index in [1.807, 2.05) is 12.2 Å². The molecule has 12 heavy (non-hydrogen) atoms. The average Bonchev–Trinajstić information content (AvgIpc) is 1.97. The molecule has 0 N–H and O–H groups in total. The molecule has 0 saturated carbocycles. The van der Waals surface area contributed by atoms with E-state index in [1.165, 1.54) is 0 Å². The molecule has 0 aromatic rings. The Morgan fingerprint density at radius 3 is 1.33 bits per heavy atom. The smallest absolute Gasteiger partial charge is 0.0755 e. The molecule has 0 bridgehead atoms. The van der Waals surface area contributed by atoms with Crippen molar-refractivity contribution < 1.29 is 0 Å². The summed E-state index contributed by atoms with van der Waals surface area (Å²) in [4.78, 5) is 0. The van der Waals surface area contributed by atoms with Gasteiger partial charge in [0.2, 0.25) is 0 Å². The summed E-state index contributed by atoms with van der Waals surface area (Å²) in [6.45, 7) is 0. The SMILES string of the molecule is ClC1=C(Cl)C2C=CC2C(Cl)=C1Cl. The highest BCUT2D eigenvalue weighted by molar-refractivity contribution is 6.51. The summed E-state index contributed by atoms with van der Waals surface area (Å²) in [6.07, 6.45) is 3.95. The number of hydrogen-bond donors (Lipinski definition) is 0. The van der Waals surface area contributed by atoms with Gasteiger partial charge in [0.15, 0.2) is 0 Å². The van der Waals surface area contributed by atoms with Gasteiger partial charge in [-0.25, -0.2) is 0 Å². The second kappa shape index (κ2) is 2.95. The number of fused-ring (bicyclic) bond motifs is 1. The van der Waals surface area contributed by atoms with Crippen molar-refractivity contribution in [2.24, 2.45) is 11.8 Å². The molecule has 2 aliphatic rings. The Bertz CT molecular complexity index is 292. The lowest BCUT2D eigenvalue weighted by atomic mass is 9.79. The van der Waals surface area contributed by atoms with E-state index in [9.17, 15) is 0 Å². The zero-order valence-corrected chi connectivity index (χ0v) is 8.84. The first-order valence-electron chi connectivity index (χ1n) is 3.42. The number of halogens is 4. The van der Waals surface area contributed by atoms with Gasteiger partial charge in [-0.3, -0.25) is 0 Å². The fraction of sp³-hybridized carbons (Fsp3) is 0.250. The quantitative estimate of drug-likeness (QED) is 0.559. The third-order valence-corrected chi connectivity index (χ3v) is 4.07. The van der Waals surface area contributed by atoms with E-state index in [4.69, 9.17) is 46.4 Å². The maximum atomic E-state index is 5.94. The van der Waals surface area contributed by atoms with Gasteiger partial charge in [-0.05, 0) is 0 Å². The largest absolute Gasteiger partial charge is 0.0868 e. The minimum atomic E-state index is 0.147. The van der Waals surface area contributed by atoms with Crippen molar-refractivity contribution in [1.82, 2.24) is 0 Å². The third kappa shape index (κ3) is 1.06. The Morgan fingerprint density at radius 1 is 0.750 bits per heavy atom. The van der Waals surface area contributed by atoms with Crippen molar-refractivity contribution in [3.05, 3.63) is 32.3 Å². The van der Waals surface area contributed by atoms with Crippen LogP contribution in [0.1, 0.15) is 0 Å². The predicted molar refractivity (Wildman–Crippen MR) is 53.6 cm³/mol. The normalized spacial score (nSPS) is 33.7. The van der Waals surface area contributed by atoms with Gasteiger partial charge in [-0.1, -0.05) is 58.6 Å². The van der Waals surface area contributed by atoms with Gasteiger partial charge in [-0.2, -0.15) is 0 Å². The van der Waals surface area contributed by atoms with Gasteiger partial charge in [0.1, 0.15) is 0 Å². The first kappa shape index (κ1) is 8.96. The highest BCUT2D eigenvalue weighted by atomic mass is 35.5. The molecule has 0 fully saturated rings. The summed E-state index contributed by atoms with van der Waals surface area (Å²) in [7, 11) is 0. The van der Waals surface area contributed by atoms with Crippen molar-refractivity contribution in [2.45, 2.75) is 0 Å². The molecule has 64 valence electrons. The van der Waals surface area contributed by atoms with Crippen LogP contribution < -0.4 is 0 Å². The van der Waals surface area contributed by atoms with E-state index in [-0.39, 0.29) is 11.8 Å². The molecule has 2 unspecified atom stereocenters. The molecular formula is C8H4Cl4. The number of rotatable bonds is 0. The van der Waals surface area contributed by atoms with Crippen LogP contribution in [0.25, 0.3) is 0 Å². The standard InChI is InChI=1S/C8H4Cl4/c9-5-3-1-2-4(3)6(10)8(12)7(5)11/h1-4H. The number of hydrogen-bond acceptors (Lipinski definition) is 0. The first-order chi connectivity index (χ1) is 5.63. The summed E-state index contributed by atoms with van der Waals surface area (Å²) >= 11 is 23.6. The minimum Gasteiger partial charge on any atom is -0.0868 e. The second-order valence-corrected chi connectivity index (χ2v) is 4.33. The molecule has 2 atom stereocenters. The summed E-state index contributed by atoms with van der Waals surface area (Å²) in [6, 6.07) is 0. The highest BCUT2D eigenvalue weighted by Gasteiger charge is 2.36. The van der Waals surface area contributed by atoms with Crippen LogP contribution in [0.15, 0.2) is 32.3 Å². The highest BCUT2D eigenvalue weighted by Crippen LogP contribution is 2.50. The molecule has 0 heterocycles. The minimum absolute atomic E-state index is 0.147. The Hall–Kier alpha value is 0.380. The van der Waals surface area contributed by atoms with Crippen LogP contribution in [0.3, 0.4) is 0 Å². The van der Waals surface area contributed by atoms with Crippen LogP contribution in [0.2, 0.25) is 0 Å². The van der Waals surface area contributed by atoms with Crippen molar-refractivity contribution in [2.75, 3.05) is 0 Å². The lowest BCUT2D eigenvalue weighted by molar-refractivity contribution is 0.579. The molecule has 0 saturated heterocycles. The molecule has 2 aliphatic carbocycles. The van der Waals surface area contributed by atoms with Crippen LogP contribution in [0.4, 0.5) is 0 Å². The molecule has 0 radical (unpaired) electrons. The van der Waals surface area contributed by atoms with E-state index in [0.29, 0.717) is 20.1 Å². The second-order valence-electron chi connectivity index (χ2n) is 2.76. The summed E-state index contributed by atoms with van der Waals surface area (Å²) in [5.41, 5.74) is 0. The Kier molecular flexibility index (Phi) is 2.20. The van der Waals surface area contributed by atoms with Crippen molar-refractivity contribution in [3.63, 3.8) is 0 Å². The van der Waals surface area contributed by atoms with Gasteiger partial charge >= 0.3 is 0 Å². The average molecular weight is 242 g/mol. The lowest BCUT2D eigenvalue weighted by Crippen LogP contribution is -2.23. The fourth-order valence-electron chi connectivity index (χ4n) is 1.32. The first-order valence-corrected chi connectivity index (χ1v) is 4.93. The van der Waals surface area contributed by atoms with Gasteiger partial charge in [0.05, 0.1) is 10.1 Å². The van der Waals surface area contributed by atoms with E-state index >= 15 is 0 Å². The summed E-state index contributed by atoms with van der Waals surface area (Å²) in [5, 5.41) is 1.96. The van der Waals surface area contributed by atoms with Crippen LogP contribution >= 0.6 is 46.4 Å². The Balaban J connectivity index is 2.53. The van der Waals surface area contributed by atoms with Gasteiger partial charge in [-0.15, -0.1) is 0 Å². The summed E-state index contributed by atoms with van der Waals surface area (Å²) < 4.78 is 0. The number of allylic oxidation sites excluding steroid dienone is 6. The van der Waals surface area contributed by atoms with Crippen molar-refractivity contribution in [1.29, 1.82) is 0 Å². The molecule has 0 nitrogen and oxygen atoms in total. The van der Waals surface area contributed by atoms with E-state index in [0.717, 1.165) is 0 Å². The van der Waals surface area contributed by atoms with Crippen molar-refractivity contribution in [3.8, 4) is 0 Å². The lowest BCUT2D eigenvalue weighted by Gasteiger charge is -2.33. The van der Waals surface area contributed by atoms with Crippen LogP contribution in [-0.2, 0) is 0 Å². The molecule has 0 spiro atoms. The maximum Gasteiger partial charge on any atom is 0.0755 e. The van der Waals surface area contributed by atoms with E-state index in [1.54, 1.807) is 0 Å². The molecule has 2 rings (SSSR count). The Labute approximate surface area is 90.4 Å². The maximum absolute atomic E-state index is 5.94. The van der Waals surface area contributed by atoms with E-state index in [2.05, 4.69) is 0 Å². The molecule has 4 heteroatoms.